The molecule has 1 saturated carbocycles. The lowest BCUT2D eigenvalue weighted by atomic mass is 9.90. The zero-order chi connectivity index (χ0) is 14.0. The molecule has 0 radical (unpaired) electrons. The van der Waals surface area contributed by atoms with Crippen LogP contribution in [0.5, 0.6) is 5.88 Å². The molecule has 1 aliphatic rings. The summed E-state index contributed by atoms with van der Waals surface area (Å²) in [5, 5.41) is 0.800. The Balaban J connectivity index is 2.29. The molecule has 6 heteroatoms. The first-order chi connectivity index (χ1) is 8.94. The minimum absolute atomic E-state index is 0.358. The number of ether oxygens (including phenoxy) is 1. The summed E-state index contributed by atoms with van der Waals surface area (Å²) in [6.45, 7) is 1.85. The van der Waals surface area contributed by atoms with Gasteiger partial charge in [0.15, 0.2) is 10.6 Å². The van der Waals surface area contributed by atoms with Gasteiger partial charge in [-0.2, -0.15) is 0 Å². The summed E-state index contributed by atoms with van der Waals surface area (Å²) in [6, 6.07) is 0. The van der Waals surface area contributed by atoms with Gasteiger partial charge in [0, 0.05) is 12.8 Å². The van der Waals surface area contributed by atoms with Crippen LogP contribution in [-0.2, 0) is 0 Å². The number of nitrogens with two attached hydrogens (primary N) is 1. The monoisotopic (exact) mass is 283 g/mol. The molecule has 2 N–H and O–H groups in total. The number of aryl methyl sites for hydroxylation is 1. The van der Waals surface area contributed by atoms with Gasteiger partial charge < -0.3 is 10.5 Å². The van der Waals surface area contributed by atoms with Gasteiger partial charge in [-0.1, -0.05) is 6.42 Å². The molecule has 1 aromatic rings. The Morgan fingerprint density at radius 3 is 2.53 bits per heavy atom. The Hall–Kier alpha value is -1.14. The van der Waals surface area contributed by atoms with E-state index in [1.165, 1.54) is 17.8 Å². The van der Waals surface area contributed by atoms with Crippen LogP contribution in [0.25, 0.3) is 0 Å². The largest absolute Gasteiger partial charge is 0.455 e. The normalized spacial score (nSPS) is 18.5. The van der Waals surface area contributed by atoms with Crippen molar-refractivity contribution < 1.29 is 9.53 Å². The van der Waals surface area contributed by atoms with Crippen molar-refractivity contribution in [3.63, 3.8) is 0 Å². The van der Waals surface area contributed by atoms with E-state index in [0.717, 1.165) is 30.7 Å². The van der Waals surface area contributed by atoms with E-state index in [1.807, 2.05) is 21.0 Å². The zero-order valence-corrected chi connectivity index (χ0v) is 12.5. The van der Waals surface area contributed by atoms with E-state index in [2.05, 4.69) is 9.88 Å². The average Bonchev–Trinajstić information content (AvgIpc) is 2.71. The maximum absolute atomic E-state index is 11.5. The quantitative estimate of drug-likeness (QED) is 0.860. The molecule has 2 rings (SSSR count). The number of thiazole rings is 1. The third kappa shape index (κ3) is 2.90. The van der Waals surface area contributed by atoms with E-state index in [1.54, 1.807) is 0 Å². The highest BCUT2D eigenvalue weighted by Crippen LogP contribution is 2.36. The van der Waals surface area contributed by atoms with Gasteiger partial charge in [0.1, 0.15) is 0 Å². The van der Waals surface area contributed by atoms with Crippen LogP contribution in [0.1, 0.15) is 46.8 Å². The number of amides is 1. The molecule has 19 heavy (non-hydrogen) atoms. The van der Waals surface area contributed by atoms with Gasteiger partial charge in [-0.25, -0.2) is 4.98 Å². The van der Waals surface area contributed by atoms with Gasteiger partial charge in [0.25, 0.3) is 5.91 Å². The lowest BCUT2D eigenvalue weighted by Crippen LogP contribution is -2.51. The van der Waals surface area contributed by atoms with E-state index in [0.29, 0.717) is 10.8 Å². The summed E-state index contributed by atoms with van der Waals surface area (Å²) < 4.78 is 6.14. The van der Waals surface area contributed by atoms with Crippen LogP contribution in [0.2, 0.25) is 0 Å². The number of primary amides is 1. The van der Waals surface area contributed by atoms with Gasteiger partial charge in [-0.3, -0.25) is 9.69 Å². The van der Waals surface area contributed by atoms with Crippen LogP contribution in [-0.4, -0.2) is 35.6 Å². The Labute approximate surface area is 117 Å². The fourth-order valence-corrected chi connectivity index (χ4v) is 3.26. The third-order valence-corrected chi connectivity index (χ3v) is 4.63. The van der Waals surface area contributed by atoms with Crippen molar-refractivity contribution >= 4 is 17.2 Å². The fourth-order valence-electron chi connectivity index (χ4n) is 2.56. The highest BCUT2D eigenvalue weighted by Gasteiger charge is 2.38. The van der Waals surface area contributed by atoms with Crippen molar-refractivity contribution in [3.05, 3.63) is 9.88 Å². The van der Waals surface area contributed by atoms with Crippen LogP contribution < -0.4 is 10.5 Å². The summed E-state index contributed by atoms with van der Waals surface area (Å²) >= 11 is 1.29. The lowest BCUT2D eigenvalue weighted by molar-refractivity contribution is -0.0871. The topological polar surface area (TPSA) is 68.4 Å². The second-order valence-electron chi connectivity index (χ2n) is 5.23. The van der Waals surface area contributed by atoms with Crippen molar-refractivity contribution in [1.82, 2.24) is 9.88 Å². The first-order valence-corrected chi connectivity index (χ1v) is 7.40. The number of rotatable bonds is 4. The van der Waals surface area contributed by atoms with Crippen molar-refractivity contribution in [2.75, 3.05) is 14.1 Å². The van der Waals surface area contributed by atoms with Gasteiger partial charge in [0.05, 0.1) is 5.01 Å². The summed E-state index contributed by atoms with van der Waals surface area (Å²) in [7, 11) is 4.02. The number of nitrogens with zero attached hydrogens (tertiary/aromatic N) is 2. The smallest absolute Gasteiger partial charge is 0.264 e. The molecule has 1 aromatic heterocycles. The molecule has 0 unspecified atom stereocenters. The van der Waals surface area contributed by atoms with Crippen LogP contribution >= 0.6 is 11.3 Å². The molecule has 1 amide bonds. The average molecular weight is 283 g/mol. The summed E-state index contributed by atoms with van der Waals surface area (Å²) in [4.78, 5) is 18.3. The van der Waals surface area contributed by atoms with Crippen LogP contribution in [0.15, 0.2) is 0 Å². The maximum Gasteiger partial charge on any atom is 0.264 e. The van der Waals surface area contributed by atoms with Gasteiger partial charge in [-0.15, -0.1) is 11.3 Å². The van der Waals surface area contributed by atoms with E-state index in [-0.39, 0.29) is 5.72 Å². The fraction of sp³-hybridized carbons (Fsp3) is 0.692. The molecule has 0 aliphatic heterocycles. The first kappa shape index (κ1) is 14.3. The Morgan fingerprint density at radius 1 is 1.37 bits per heavy atom. The highest BCUT2D eigenvalue weighted by atomic mass is 32.1. The zero-order valence-electron chi connectivity index (χ0n) is 11.7. The van der Waals surface area contributed by atoms with Crippen molar-refractivity contribution in [1.29, 1.82) is 0 Å². The van der Waals surface area contributed by atoms with Gasteiger partial charge in [-0.05, 0) is 33.9 Å². The number of hydrogen-bond donors (Lipinski definition) is 1. The summed E-state index contributed by atoms with van der Waals surface area (Å²) in [5.74, 6) is -0.0732. The second kappa shape index (κ2) is 5.46. The molecule has 1 heterocycles. The van der Waals surface area contributed by atoms with Crippen molar-refractivity contribution in [2.24, 2.45) is 5.73 Å². The number of hydrogen-bond acceptors (Lipinski definition) is 5. The molecule has 5 nitrogen and oxygen atoms in total. The summed E-state index contributed by atoms with van der Waals surface area (Å²) in [6.07, 6.45) is 5.40. The van der Waals surface area contributed by atoms with Gasteiger partial charge >= 0.3 is 0 Å². The first-order valence-electron chi connectivity index (χ1n) is 6.58. The molecule has 0 aromatic carbocycles. The minimum Gasteiger partial charge on any atom is -0.455 e. The number of aromatic nitrogens is 1. The molecule has 1 aliphatic carbocycles. The number of carbonyl (C=O) groups excluding carboxylic acids is 1. The van der Waals surface area contributed by atoms with E-state index >= 15 is 0 Å². The second-order valence-corrected chi connectivity index (χ2v) is 6.44. The SMILES string of the molecule is Cc1nc(OC2(N(C)C)CCCCC2)c(C(N)=O)s1. The molecule has 0 atom stereocenters. The van der Waals surface area contributed by atoms with Gasteiger partial charge in [0.2, 0.25) is 5.88 Å². The van der Waals surface area contributed by atoms with E-state index in [9.17, 15) is 4.79 Å². The lowest BCUT2D eigenvalue weighted by Gasteiger charge is -2.42. The van der Waals surface area contributed by atoms with Crippen LogP contribution in [0.4, 0.5) is 0 Å². The number of carbonyl (C=O) groups is 1. The molecule has 1 fully saturated rings. The summed E-state index contributed by atoms with van der Waals surface area (Å²) in [5.41, 5.74) is 5.03. The van der Waals surface area contributed by atoms with E-state index in [4.69, 9.17) is 10.5 Å². The molecule has 106 valence electrons. The van der Waals surface area contributed by atoms with E-state index < -0.39 is 5.91 Å². The maximum atomic E-state index is 11.5. The Kier molecular flexibility index (Phi) is 4.10. The molecule has 0 spiro atoms. The molecule has 0 bridgehead atoms. The Bertz CT molecular complexity index is 464. The van der Waals surface area contributed by atoms with Crippen LogP contribution in [0, 0.1) is 6.92 Å². The standard InChI is InChI=1S/C13H21N3O2S/c1-9-15-12(10(19-9)11(14)17)18-13(16(2)3)7-5-4-6-8-13/h4-8H2,1-3H3,(H2,14,17). The van der Waals surface area contributed by atoms with Crippen molar-refractivity contribution in [2.45, 2.75) is 44.8 Å². The molecular weight excluding hydrogens is 262 g/mol. The minimum atomic E-state index is -0.467. The van der Waals surface area contributed by atoms with Crippen molar-refractivity contribution in [3.8, 4) is 5.88 Å². The molecule has 0 saturated heterocycles. The third-order valence-electron chi connectivity index (χ3n) is 3.66. The van der Waals surface area contributed by atoms with Crippen LogP contribution in [0.3, 0.4) is 0 Å². The Morgan fingerprint density at radius 2 is 2.00 bits per heavy atom. The predicted octanol–water partition coefficient (Wildman–Crippen LogP) is 2.15. The molecular formula is C13H21N3O2S. The predicted molar refractivity (Wildman–Crippen MR) is 75.5 cm³/mol. The highest BCUT2D eigenvalue weighted by molar-refractivity contribution is 7.13.